The molecule has 3 rings (SSSR count). The molecule has 0 amide bonds. The Bertz CT molecular complexity index is 709. The number of aliphatic hydroxyl groups is 1. The molecule has 0 bridgehead atoms. The molecule has 2 heterocycles. The number of nitrogens with zero attached hydrogens (tertiary/aromatic N) is 2. The van der Waals surface area contributed by atoms with Gasteiger partial charge >= 0.3 is 6.18 Å². The second-order valence-corrected chi connectivity index (χ2v) is 6.38. The highest BCUT2D eigenvalue weighted by Gasteiger charge is 2.47. The van der Waals surface area contributed by atoms with Crippen molar-refractivity contribution in [2.24, 2.45) is 0 Å². The molecule has 1 atom stereocenters. The molecule has 1 unspecified atom stereocenters. The summed E-state index contributed by atoms with van der Waals surface area (Å²) in [5.41, 5.74) is -2.14. The number of aromatic nitrogens is 2. The Labute approximate surface area is 125 Å². The van der Waals surface area contributed by atoms with Crippen LogP contribution in [0.15, 0.2) is 29.0 Å². The topological polar surface area (TPSA) is 59.2 Å². The van der Waals surface area contributed by atoms with Crippen molar-refractivity contribution < 1.29 is 22.8 Å². The van der Waals surface area contributed by atoms with E-state index in [0.29, 0.717) is 11.3 Å². The second kappa shape index (κ2) is 4.55. The Balaban J connectivity index is 2.06. The standard InChI is InChI=1S/C15H15F3N2O2/c1-13(2)8-14(21,6-9-7-20-22-12(9)13)11-5-10(3-4-19-11)15(16,17)18/h3-5,7,21H,6,8H2,1-2H3. The molecule has 0 aromatic carbocycles. The molecule has 0 spiro atoms. The van der Waals surface area contributed by atoms with Crippen molar-refractivity contribution in [2.45, 2.75) is 43.9 Å². The van der Waals surface area contributed by atoms with Gasteiger partial charge in [0.1, 0.15) is 11.4 Å². The van der Waals surface area contributed by atoms with Crippen LogP contribution in [0.25, 0.3) is 0 Å². The number of halogens is 3. The largest absolute Gasteiger partial charge is 0.416 e. The van der Waals surface area contributed by atoms with Gasteiger partial charge in [-0.2, -0.15) is 13.2 Å². The minimum absolute atomic E-state index is 0.0160. The highest BCUT2D eigenvalue weighted by atomic mass is 19.4. The van der Waals surface area contributed by atoms with E-state index in [1.54, 1.807) is 0 Å². The number of alkyl halides is 3. The Morgan fingerprint density at radius 1 is 1.32 bits per heavy atom. The summed E-state index contributed by atoms with van der Waals surface area (Å²) >= 11 is 0. The lowest BCUT2D eigenvalue weighted by molar-refractivity contribution is -0.137. The minimum Gasteiger partial charge on any atom is -0.383 e. The molecule has 22 heavy (non-hydrogen) atoms. The maximum atomic E-state index is 12.9. The third kappa shape index (κ3) is 2.39. The van der Waals surface area contributed by atoms with Gasteiger partial charge in [0.2, 0.25) is 0 Å². The van der Waals surface area contributed by atoms with E-state index in [0.717, 1.165) is 18.3 Å². The average Bonchev–Trinajstić information content (AvgIpc) is 2.86. The molecule has 7 heteroatoms. The Kier molecular flexibility index (Phi) is 3.11. The van der Waals surface area contributed by atoms with Gasteiger partial charge in [0, 0.05) is 23.6 Å². The van der Waals surface area contributed by atoms with Gasteiger partial charge in [-0.05, 0) is 18.6 Å². The van der Waals surface area contributed by atoms with Crippen LogP contribution in [0.1, 0.15) is 42.8 Å². The molecule has 118 valence electrons. The molecule has 2 aromatic heterocycles. The SMILES string of the molecule is CC1(C)CC(O)(c2cc(C(F)(F)F)ccn2)Cc2cnoc21. The fourth-order valence-electron chi connectivity index (χ4n) is 3.18. The average molecular weight is 312 g/mol. The van der Waals surface area contributed by atoms with Crippen LogP contribution >= 0.6 is 0 Å². The minimum atomic E-state index is -4.47. The van der Waals surface area contributed by atoms with Gasteiger partial charge in [-0.1, -0.05) is 19.0 Å². The van der Waals surface area contributed by atoms with E-state index >= 15 is 0 Å². The van der Waals surface area contributed by atoms with Gasteiger partial charge in [0.25, 0.3) is 0 Å². The van der Waals surface area contributed by atoms with E-state index in [1.165, 1.54) is 6.20 Å². The third-order valence-electron chi connectivity index (χ3n) is 4.04. The summed E-state index contributed by atoms with van der Waals surface area (Å²) in [7, 11) is 0. The fourth-order valence-corrected chi connectivity index (χ4v) is 3.18. The molecular weight excluding hydrogens is 297 g/mol. The van der Waals surface area contributed by atoms with Crippen LogP contribution in [0.3, 0.4) is 0 Å². The van der Waals surface area contributed by atoms with Gasteiger partial charge in [-0.3, -0.25) is 4.98 Å². The highest BCUT2D eigenvalue weighted by molar-refractivity contribution is 5.33. The first-order chi connectivity index (χ1) is 10.1. The predicted molar refractivity (Wildman–Crippen MR) is 71.0 cm³/mol. The van der Waals surface area contributed by atoms with Gasteiger partial charge < -0.3 is 9.63 Å². The summed E-state index contributed by atoms with van der Waals surface area (Å²) < 4.78 is 43.8. The van der Waals surface area contributed by atoms with Crippen LogP contribution in [-0.2, 0) is 23.6 Å². The van der Waals surface area contributed by atoms with E-state index in [-0.39, 0.29) is 18.5 Å². The van der Waals surface area contributed by atoms with Crippen molar-refractivity contribution in [3.63, 3.8) is 0 Å². The number of hydrogen-bond donors (Lipinski definition) is 1. The van der Waals surface area contributed by atoms with Crippen molar-refractivity contribution in [3.05, 3.63) is 47.1 Å². The summed E-state index contributed by atoms with van der Waals surface area (Å²) in [5, 5.41) is 14.7. The first-order valence-electron chi connectivity index (χ1n) is 6.82. The maximum absolute atomic E-state index is 12.9. The molecule has 2 aromatic rings. The summed E-state index contributed by atoms with van der Waals surface area (Å²) in [6, 6.07) is 1.81. The molecule has 0 aliphatic heterocycles. The fraction of sp³-hybridized carbons (Fsp3) is 0.467. The Morgan fingerprint density at radius 3 is 2.73 bits per heavy atom. The van der Waals surface area contributed by atoms with E-state index in [4.69, 9.17) is 4.52 Å². The second-order valence-electron chi connectivity index (χ2n) is 6.38. The van der Waals surface area contributed by atoms with Gasteiger partial charge in [-0.25, -0.2) is 0 Å². The summed E-state index contributed by atoms with van der Waals surface area (Å²) in [4.78, 5) is 3.97. The maximum Gasteiger partial charge on any atom is 0.416 e. The smallest absolute Gasteiger partial charge is 0.383 e. The quantitative estimate of drug-likeness (QED) is 0.878. The van der Waals surface area contributed by atoms with E-state index in [1.807, 2.05) is 13.8 Å². The van der Waals surface area contributed by atoms with Crippen LogP contribution in [-0.4, -0.2) is 15.2 Å². The van der Waals surface area contributed by atoms with Crippen LogP contribution in [0.5, 0.6) is 0 Å². The van der Waals surface area contributed by atoms with Crippen LogP contribution in [0, 0.1) is 0 Å². The van der Waals surface area contributed by atoms with Crippen LogP contribution in [0.4, 0.5) is 13.2 Å². The normalized spacial score (nSPS) is 24.1. The van der Waals surface area contributed by atoms with Gasteiger partial charge in [0.15, 0.2) is 0 Å². The Morgan fingerprint density at radius 2 is 2.05 bits per heavy atom. The summed E-state index contributed by atoms with van der Waals surface area (Å²) in [6.45, 7) is 3.71. The third-order valence-corrected chi connectivity index (χ3v) is 4.04. The van der Waals surface area contributed by atoms with Crippen LogP contribution < -0.4 is 0 Å². The molecule has 0 saturated heterocycles. The first-order valence-corrected chi connectivity index (χ1v) is 6.82. The zero-order valence-corrected chi connectivity index (χ0v) is 12.1. The van der Waals surface area contributed by atoms with Crippen molar-refractivity contribution in [1.29, 1.82) is 0 Å². The van der Waals surface area contributed by atoms with Gasteiger partial charge in [0.05, 0.1) is 17.5 Å². The van der Waals surface area contributed by atoms with E-state index < -0.39 is 22.8 Å². The summed E-state index contributed by atoms with van der Waals surface area (Å²) in [5.74, 6) is 0.657. The number of fused-ring (bicyclic) bond motifs is 1. The lowest BCUT2D eigenvalue weighted by Gasteiger charge is -2.39. The van der Waals surface area contributed by atoms with Crippen molar-refractivity contribution in [1.82, 2.24) is 10.1 Å². The Hall–Kier alpha value is -1.89. The van der Waals surface area contributed by atoms with E-state index in [2.05, 4.69) is 10.1 Å². The molecule has 1 aliphatic rings. The van der Waals surface area contributed by atoms with Crippen molar-refractivity contribution >= 4 is 0 Å². The number of hydrogen-bond acceptors (Lipinski definition) is 4. The van der Waals surface area contributed by atoms with Crippen LogP contribution in [0.2, 0.25) is 0 Å². The number of pyridine rings is 1. The zero-order valence-electron chi connectivity index (χ0n) is 12.1. The van der Waals surface area contributed by atoms with Gasteiger partial charge in [-0.15, -0.1) is 0 Å². The molecule has 0 saturated carbocycles. The monoisotopic (exact) mass is 312 g/mol. The first kappa shape index (κ1) is 15.0. The lowest BCUT2D eigenvalue weighted by Crippen LogP contribution is -2.41. The molecule has 1 aliphatic carbocycles. The predicted octanol–water partition coefficient (Wildman–Crippen LogP) is 3.20. The molecule has 1 N–H and O–H groups in total. The molecule has 4 nitrogen and oxygen atoms in total. The molecular formula is C15H15F3N2O2. The van der Waals surface area contributed by atoms with Crippen molar-refractivity contribution in [3.8, 4) is 0 Å². The zero-order chi connectivity index (χ0) is 16.2. The molecule has 0 radical (unpaired) electrons. The van der Waals surface area contributed by atoms with Crippen molar-refractivity contribution in [2.75, 3.05) is 0 Å². The highest BCUT2D eigenvalue weighted by Crippen LogP contribution is 2.46. The number of rotatable bonds is 1. The summed E-state index contributed by atoms with van der Waals surface area (Å²) in [6.07, 6.45) is -1.57. The lowest BCUT2D eigenvalue weighted by atomic mass is 9.68. The molecule has 0 fully saturated rings. The van der Waals surface area contributed by atoms with E-state index in [9.17, 15) is 18.3 Å².